The molecule has 0 fully saturated rings. The molecule has 0 radical (unpaired) electrons. The van der Waals surface area contributed by atoms with Crippen LogP contribution in [-0.2, 0) is 10.7 Å². The first-order valence-electron chi connectivity index (χ1n) is 8.30. The van der Waals surface area contributed by atoms with Crippen molar-refractivity contribution in [3.63, 3.8) is 0 Å². The van der Waals surface area contributed by atoms with E-state index in [1.54, 1.807) is 0 Å². The fourth-order valence-corrected chi connectivity index (χ4v) is 3.07. The molecule has 0 saturated heterocycles. The fourth-order valence-electron chi connectivity index (χ4n) is 2.19. The number of rotatable bonds is 12. The Morgan fingerprint density at radius 1 is 0.727 bits per heavy atom. The summed E-state index contributed by atoms with van der Waals surface area (Å²) in [5, 5.41) is 1.56. The average molecular weight is 436 g/mol. The molecule has 0 aliphatic carbocycles. The normalized spacial score (nSPS) is 10.7. The maximum Gasteiger partial charge on any atom is 0.123 e. The highest BCUT2D eigenvalue weighted by molar-refractivity contribution is 9.08. The first-order chi connectivity index (χ1) is 10.8. The van der Waals surface area contributed by atoms with Gasteiger partial charge in [-0.2, -0.15) is 0 Å². The molecule has 0 aliphatic heterocycles. The Morgan fingerprint density at radius 3 is 1.45 bits per heavy atom. The van der Waals surface area contributed by atoms with Crippen molar-refractivity contribution in [2.75, 3.05) is 13.2 Å². The van der Waals surface area contributed by atoms with Gasteiger partial charge in [0, 0.05) is 21.8 Å². The third kappa shape index (κ3) is 6.91. The number of hydrogen-bond donors (Lipinski definition) is 0. The van der Waals surface area contributed by atoms with Gasteiger partial charge in [0.2, 0.25) is 0 Å². The van der Waals surface area contributed by atoms with Crippen molar-refractivity contribution in [1.29, 1.82) is 0 Å². The van der Waals surface area contributed by atoms with Crippen LogP contribution in [0.3, 0.4) is 0 Å². The van der Waals surface area contributed by atoms with E-state index < -0.39 is 0 Å². The predicted molar refractivity (Wildman–Crippen MR) is 102 cm³/mol. The molecule has 0 aromatic heterocycles. The van der Waals surface area contributed by atoms with Gasteiger partial charge in [-0.3, -0.25) is 0 Å². The van der Waals surface area contributed by atoms with Crippen molar-refractivity contribution >= 4 is 31.9 Å². The summed E-state index contributed by atoms with van der Waals surface area (Å²) in [6, 6.07) is 4.24. The van der Waals surface area contributed by atoms with E-state index in [4.69, 9.17) is 9.47 Å². The number of hydrogen-bond acceptors (Lipinski definition) is 2. The zero-order chi connectivity index (χ0) is 16.2. The van der Waals surface area contributed by atoms with E-state index in [2.05, 4.69) is 57.8 Å². The molecule has 0 aliphatic rings. The van der Waals surface area contributed by atoms with E-state index in [1.807, 2.05) is 0 Å². The average Bonchev–Trinajstić information content (AvgIpc) is 2.55. The van der Waals surface area contributed by atoms with Crippen LogP contribution >= 0.6 is 31.9 Å². The topological polar surface area (TPSA) is 18.5 Å². The molecule has 0 heterocycles. The van der Waals surface area contributed by atoms with Crippen molar-refractivity contribution in [2.45, 2.75) is 63.0 Å². The van der Waals surface area contributed by atoms with Crippen LogP contribution in [-0.4, -0.2) is 13.2 Å². The summed E-state index contributed by atoms with van der Waals surface area (Å²) in [4.78, 5) is 0. The predicted octanol–water partition coefficient (Wildman–Crippen LogP) is 6.61. The minimum atomic E-state index is 0.782. The molecule has 0 N–H and O–H groups in total. The fraction of sp³-hybridized carbons (Fsp3) is 0.667. The number of unbranched alkanes of at least 4 members (excludes halogenated alkanes) is 4. The second kappa shape index (κ2) is 12.2. The van der Waals surface area contributed by atoms with Gasteiger partial charge in [-0.15, -0.1) is 0 Å². The number of benzene rings is 1. The quantitative estimate of drug-likeness (QED) is 0.271. The van der Waals surface area contributed by atoms with Crippen molar-refractivity contribution in [2.24, 2.45) is 0 Å². The van der Waals surface area contributed by atoms with Crippen LogP contribution in [0.1, 0.15) is 63.5 Å². The lowest BCUT2D eigenvalue weighted by Crippen LogP contribution is -2.04. The van der Waals surface area contributed by atoms with Gasteiger partial charge in [0.05, 0.1) is 13.2 Å². The SMILES string of the molecule is CCCCCOc1cc(CBr)c(OCCCCC)cc1CBr. The third-order valence-electron chi connectivity index (χ3n) is 3.54. The van der Waals surface area contributed by atoms with Crippen LogP contribution in [0.15, 0.2) is 12.1 Å². The second-order valence-electron chi connectivity index (χ2n) is 5.45. The summed E-state index contributed by atoms with van der Waals surface area (Å²) in [5.41, 5.74) is 2.32. The molecule has 0 bridgehead atoms. The minimum absolute atomic E-state index is 0.782. The van der Waals surface area contributed by atoms with E-state index in [0.29, 0.717) is 0 Å². The van der Waals surface area contributed by atoms with Crippen LogP contribution in [0, 0.1) is 0 Å². The Kier molecular flexibility index (Phi) is 11.0. The molecular weight excluding hydrogens is 408 g/mol. The smallest absolute Gasteiger partial charge is 0.123 e. The standard InChI is InChI=1S/C18H28Br2O2/c1-3-5-7-9-21-17-11-16(14-20)18(12-15(17)13-19)22-10-8-6-4-2/h11-12H,3-10,13-14H2,1-2H3. The van der Waals surface area contributed by atoms with Crippen LogP contribution in [0.5, 0.6) is 11.5 Å². The van der Waals surface area contributed by atoms with Crippen molar-refractivity contribution in [3.05, 3.63) is 23.3 Å². The molecule has 2 nitrogen and oxygen atoms in total. The van der Waals surface area contributed by atoms with Gasteiger partial charge in [-0.05, 0) is 25.0 Å². The van der Waals surface area contributed by atoms with Crippen molar-refractivity contribution < 1.29 is 9.47 Å². The highest BCUT2D eigenvalue weighted by atomic mass is 79.9. The Bertz CT molecular complexity index is 382. The van der Waals surface area contributed by atoms with Gasteiger partial charge in [0.1, 0.15) is 11.5 Å². The summed E-state index contributed by atoms with van der Waals surface area (Å²) < 4.78 is 11.9. The summed E-state index contributed by atoms with van der Waals surface area (Å²) in [5.74, 6) is 1.95. The minimum Gasteiger partial charge on any atom is -0.493 e. The lowest BCUT2D eigenvalue weighted by Gasteiger charge is -2.16. The van der Waals surface area contributed by atoms with Crippen LogP contribution in [0.25, 0.3) is 0 Å². The molecule has 0 saturated carbocycles. The van der Waals surface area contributed by atoms with Crippen molar-refractivity contribution in [1.82, 2.24) is 0 Å². The van der Waals surface area contributed by atoms with E-state index in [1.165, 1.54) is 25.7 Å². The van der Waals surface area contributed by atoms with E-state index >= 15 is 0 Å². The highest BCUT2D eigenvalue weighted by Crippen LogP contribution is 2.32. The van der Waals surface area contributed by atoms with Crippen LogP contribution in [0.2, 0.25) is 0 Å². The van der Waals surface area contributed by atoms with Crippen LogP contribution in [0.4, 0.5) is 0 Å². The molecule has 1 aromatic carbocycles. The molecule has 0 unspecified atom stereocenters. The first kappa shape index (κ1) is 19.8. The molecule has 0 atom stereocenters. The summed E-state index contributed by atoms with van der Waals surface area (Å²) in [7, 11) is 0. The summed E-state index contributed by atoms with van der Waals surface area (Å²) in [6.07, 6.45) is 7.08. The number of halogens is 2. The summed E-state index contributed by atoms with van der Waals surface area (Å²) in [6.45, 7) is 5.98. The van der Waals surface area contributed by atoms with Gasteiger partial charge in [-0.1, -0.05) is 71.4 Å². The largest absolute Gasteiger partial charge is 0.493 e. The molecule has 1 rings (SSSR count). The lowest BCUT2D eigenvalue weighted by atomic mass is 10.1. The molecule has 0 spiro atoms. The molecule has 22 heavy (non-hydrogen) atoms. The molecular formula is C18H28Br2O2. The zero-order valence-corrected chi connectivity index (χ0v) is 17.0. The monoisotopic (exact) mass is 434 g/mol. The van der Waals surface area contributed by atoms with Crippen molar-refractivity contribution in [3.8, 4) is 11.5 Å². The Hall–Kier alpha value is -0.220. The maximum absolute atomic E-state index is 5.96. The first-order valence-corrected chi connectivity index (χ1v) is 10.5. The molecule has 126 valence electrons. The molecule has 0 amide bonds. The Morgan fingerprint density at radius 2 is 1.14 bits per heavy atom. The second-order valence-corrected chi connectivity index (χ2v) is 6.57. The van der Waals surface area contributed by atoms with Gasteiger partial charge in [0.15, 0.2) is 0 Å². The molecule has 1 aromatic rings. The molecule has 4 heteroatoms. The Balaban J connectivity index is 2.73. The number of ether oxygens (including phenoxy) is 2. The van der Waals surface area contributed by atoms with E-state index in [9.17, 15) is 0 Å². The lowest BCUT2D eigenvalue weighted by molar-refractivity contribution is 0.294. The van der Waals surface area contributed by atoms with E-state index in [0.717, 1.165) is 59.3 Å². The zero-order valence-electron chi connectivity index (χ0n) is 13.8. The van der Waals surface area contributed by atoms with Crippen LogP contribution < -0.4 is 9.47 Å². The van der Waals surface area contributed by atoms with E-state index in [-0.39, 0.29) is 0 Å². The summed E-state index contributed by atoms with van der Waals surface area (Å²) >= 11 is 7.11. The van der Waals surface area contributed by atoms with Gasteiger partial charge in [0.25, 0.3) is 0 Å². The number of alkyl halides is 2. The van der Waals surface area contributed by atoms with Gasteiger partial charge >= 0.3 is 0 Å². The Labute approximate surface area is 152 Å². The third-order valence-corrected chi connectivity index (χ3v) is 4.75. The maximum atomic E-state index is 5.96. The highest BCUT2D eigenvalue weighted by Gasteiger charge is 2.11. The van der Waals surface area contributed by atoms with Gasteiger partial charge in [-0.25, -0.2) is 0 Å². The van der Waals surface area contributed by atoms with Gasteiger partial charge < -0.3 is 9.47 Å².